The van der Waals surface area contributed by atoms with Crippen molar-refractivity contribution in [2.45, 2.75) is 13.5 Å². The summed E-state index contributed by atoms with van der Waals surface area (Å²) in [5, 5.41) is 7.52. The molecule has 0 spiro atoms. The number of anilines is 1. The topological polar surface area (TPSA) is 42.2 Å². The van der Waals surface area contributed by atoms with Crippen LogP contribution < -0.4 is 5.32 Å². The van der Waals surface area contributed by atoms with Crippen molar-refractivity contribution in [1.29, 1.82) is 0 Å². The van der Waals surface area contributed by atoms with Gasteiger partial charge in [0.1, 0.15) is 5.52 Å². The Balaban J connectivity index is 1.80. The molecular weight excluding hydrogens is 224 g/mol. The lowest BCUT2D eigenvalue weighted by atomic mass is 10.1. The lowest BCUT2D eigenvalue weighted by Crippen LogP contribution is -2.03. The highest BCUT2D eigenvalue weighted by Gasteiger charge is 2.02. The molecule has 0 fully saturated rings. The molecular formula is C14H14N4. The summed E-state index contributed by atoms with van der Waals surface area (Å²) in [4.78, 5) is 4.34. The Morgan fingerprint density at radius 2 is 1.94 bits per heavy atom. The number of fused-ring (bicyclic) bond motifs is 1. The van der Waals surface area contributed by atoms with Crippen LogP contribution in [0.2, 0.25) is 0 Å². The minimum atomic E-state index is 0.762. The molecule has 0 atom stereocenters. The Labute approximate surface area is 105 Å². The third kappa shape index (κ3) is 2.05. The van der Waals surface area contributed by atoms with Crippen LogP contribution in [0.5, 0.6) is 0 Å². The third-order valence-electron chi connectivity index (χ3n) is 2.90. The van der Waals surface area contributed by atoms with E-state index in [0.29, 0.717) is 0 Å². The molecule has 0 saturated heterocycles. The summed E-state index contributed by atoms with van der Waals surface area (Å²) in [7, 11) is 0. The van der Waals surface area contributed by atoms with Crippen LogP contribution in [0.3, 0.4) is 0 Å². The van der Waals surface area contributed by atoms with E-state index >= 15 is 0 Å². The largest absolute Gasteiger partial charge is 0.364 e. The average molecular weight is 238 g/mol. The molecule has 18 heavy (non-hydrogen) atoms. The standard InChI is InChI=1S/C14H14N4/c1-11-2-4-12(5-3-11)10-16-14-13-6-7-17-18(13)9-8-15-14/h2-9H,10H2,1H3,(H,15,16). The van der Waals surface area contributed by atoms with Crippen molar-refractivity contribution in [3.05, 3.63) is 60.0 Å². The quantitative estimate of drug-likeness (QED) is 0.762. The monoisotopic (exact) mass is 238 g/mol. The van der Waals surface area contributed by atoms with E-state index in [2.05, 4.69) is 46.6 Å². The van der Waals surface area contributed by atoms with Crippen molar-refractivity contribution in [2.24, 2.45) is 0 Å². The molecule has 3 aromatic rings. The van der Waals surface area contributed by atoms with Crippen molar-refractivity contribution in [3.8, 4) is 0 Å². The van der Waals surface area contributed by atoms with Crippen molar-refractivity contribution in [2.75, 3.05) is 5.32 Å². The molecule has 0 amide bonds. The van der Waals surface area contributed by atoms with E-state index in [1.807, 2.05) is 16.8 Å². The van der Waals surface area contributed by atoms with E-state index in [0.717, 1.165) is 17.9 Å². The zero-order chi connectivity index (χ0) is 12.4. The van der Waals surface area contributed by atoms with E-state index < -0.39 is 0 Å². The van der Waals surface area contributed by atoms with Gasteiger partial charge in [0.2, 0.25) is 0 Å². The van der Waals surface area contributed by atoms with Gasteiger partial charge in [-0.2, -0.15) is 5.10 Å². The van der Waals surface area contributed by atoms with E-state index in [-0.39, 0.29) is 0 Å². The van der Waals surface area contributed by atoms with E-state index in [1.165, 1.54) is 11.1 Å². The molecule has 2 heterocycles. The third-order valence-corrected chi connectivity index (χ3v) is 2.90. The molecule has 1 aromatic carbocycles. The number of hydrogen-bond donors (Lipinski definition) is 1. The normalized spacial score (nSPS) is 10.7. The van der Waals surface area contributed by atoms with Gasteiger partial charge in [0.15, 0.2) is 5.82 Å². The molecule has 0 bridgehead atoms. The molecule has 0 aliphatic heterocycles. The molecule has 0 radical (unpaired) electrons. The molecule has 4 heteroatoms. The first-order valence-electron chi connectivity index (χ1n) is 5.91. The number of nitrogens with zero attached hydrogens (tertiary/aromatic N) is 3. The van der Waals surface area contributed by atoms with Gasteiger partial charge in [-0.15, -0.1) is 0 Å². The maximum Gasteiger partial charge on any atom is 0.152 e. The van der Waals surface area contributed by atoms with Crippen molar-refractivity contribution in [3.63, 3.8) is 0 Å². The maximum atomic E-state index is 4.34. The summed E-state index contributed by atoms with van der Waals surface area (Å²) < 4.78 is 1.81. The Bertz CT molecular complexity index is 655. The first-order chi connectivity index (χ1) is 8.83. The van der Waals surface area contributed by atoms with Gasteiger partial charge in [-0.1, -0.05) is 29.8 Å². The van der Waals surface area contributed by atoms with Gasteiger partial charge < -0.3 is 5.32 Å². The molecule has 0 saturated carbocycles. The second-order valence-electron chi connectivity index (χ2n) is 4.28. The Kier molecular flexibility index (Phi) is 2.68. The van der Waals surface area contributed by atoms with Gasteiger partial charge >= 0.3 is 0 Å². The highest BCUT2D eigenvalue weighted by molar-refractivity contribution is 5.66. The second kappa shape index (κ2) is 4.49. The SMILES string of the molecule is Cc1ccc(CNc2nccn3nccc23)cc1. The summed E-state index contributed by atoms with van der Waals surface area (Å²) in [5.41, 5.74) is 3.50. The van der Waals surface area contributed by atoms with Crippen LogP contribution in [0.4, 0.5) is 5.82 Å². The predicted octanol–water partition coefficient (Wildman–Crippen LogP) is 2.65. The van der Waals surface area contributed by atoms with Crippen molar-refractivity contribution >= 4 is 11.3 Å². The van der Waals surface area contributed by atoms with Crippen LogP contribution in [0, 0.1) is 6.92 Å². The highest BCUT2D eigenvalue weighted by atomic mass is 15.2. The van der Waals surface area contributed by atoms with Crippen LogP contribution in [0.15, 0.2) is 48.9 Å². The maximum absolute atomic E-state index is 4.34. The summed E-state index contributed by atoms with van der Waals surface area (Å²) in [5.74, 6) is 0.857. The summed E-state index contributed by atoms with van der Waals surface area (Å²) in [6.07, 6.45) is 5.36. The van der Waals surface area contributed by atoms with Crippen LogP contribution in [-0.2, 0) is 6.54 Å². The molecule has 1 N–H and O–H groups in total. The van der Waals surface area contributed by atoms with Crippen LogP contribution in [0.25, 0.3) is 5.52 Å². The van der Waals surface area contributed by atoms with Crippen LogP contribution in [-0.4, -0.2) is 14.6 Å². The van der Waals surface area contributed by atoms with Gasteiger partial charge in [0.05, 0.1) is 6.20 Å². The first-order valence-corrected chi connectivity index (χ1v) is 5.91. The smallest absolute Gasteiger partial charge is 0.152 e. The lowest BCUT2D eigenvalue weighted by Gasteiger charge is -2.07. The summed E-state index contributed by atoms with van der Waals surface area (Å²) in [6, 6.07) is 10.4. The predicted molar refractivity (Wildman–Crippen MR) is 71.5 cm³/mol. The molecule has 4 nitrogen and oxygen atoms in total. The van der Waals surface area contributed by atoms with Gasteiger partial charge in [-0.3, -0.25) is 0 Å². The summed E-state index contributed by atoms with van der Waals surface area (Å²) >= 11 is 0. The molecule has 0 aliphatic carbocycles. The van der Waals surface area contributed by atoms with Crippen molar-refractivity contribution < 1.29 is 0 Å². The number of hydrogen-bond acceptors (Lipinski definition) is 3. The van der Waals surface area contributed by atoms with Gasteiger partial charge in [0.25, 0.3) is 0 Å². The van der Waals surface area contributed by atoms with Crippen molar-refractivity contribution in [1.82, 2.24) is 14.6 Å². The lowest BCUT2D eigenvalue weighted by molar-refractivity contribution is 0.942. The number of benzene rings is 1. The van der Waals surface area contributed by atoms with E-state index in [9.17, 15) is 0 Å². The minimum absolute atomic E-state index is 0.762. The molecule has 2 aromatic heterocycles. The second-order valence-corrected chi connectivity index (χ2v) is 4.28. The molecule has 3 rings (SSSR count). The summed E-state index contributed by atoms with van der Waals surface area (Å²) in [6.45, 7) is 2.85. The van der Waals surface area contributed by atoms with E-state index in [4.69, 9.17) is 0 Å². The van der Waals surface area contributed by atoms with Gasteiger partial charge in [-0.25, -0.2) is 9.50 Å². The molecule has 0 unspecified atom stereocenters. The Morgan fingerprint density at radius 1 is 1.11 bits per heavy atom. The fourth-order valence-corrected chi connectivity index (χ4v) is 1.89. The Morgan fingerprint density at radius 3 is 2.78 bits per heavy atom. The van der Waals surface area contributed by atoms with E-state index in [1.54, 1.807) is 12.4 Å². The fraction of sp³-hybridized carbons (Fsp3) is 0.143. The average Bonchev–Trinajstić information content (AvgIpc) is 2.87. The molecule has 90 valence electrons. The fourth-order valence-electron chi connectivity index (χ4n) is 1.89. The number of aryl methyl sites for hydroxylation is 1. The number of aromatic nitrogens is 3. The van der Waals surface area contributed by atoms with Crippen LogP contribution in [0.1, 0.15) is 11.1 Å². The number of rotatable bonds is 3. The van der Waals surface area contributed by atoms with Gasteiger partial charge in [-0.05, 0) is 18.6 Å². The molecule has 0 aliphatic rings. The zero-order valence-corrected chi connectivity index (χ0v) is 10.2. The zero-order valence-electron chi connectivity index (χ0n) is 10.2. The van der Waals surface area contributed by atoms with Gasteiger partial charge in [0, 0.05) is 18.9 Å². The van der Waals surface area contributed by atoms with Crippen LogP contribution >= 0.6 is 0 Å². The highest BCUT2D eigenvalue weighted by Crippen LogP contribution is 2.13. The minimum Gasteiger partial charge on any atom is -0.364 e. The Hall–Kier alpha value is -2.36. The first kappa shape index (κ1) is 10.8. The number of nitrogens with one attached hydrogen (secondary N) is 1.